The Morgan fingerprint density at radius 3 is 2.74 bits per heavy atom. The molecule has 1 heterocycles. The van der Waals surface area contributed by atoms with Gasteiger partial charge in [0, 0.05) is 19.4 Å². The summed E-state index contributed by atoms with van der Waals surface area (Å²) in [6.45, 7) is 2.57. The summed E-state index contributed by atoms with van der Waals surface area (Å²) in [6, 6.07) is 13.9. The molecule has 5 nitrogen and oxygen atoms in total. The molecule has 6 heteroatoms. The van der Waals surface area contributed by atoms with E-state index in [9.17, 15) is 9.18 Å². The lowest BCUT2D eigenvalue weighted by molar-refractivity contribution is -0.133. The number of carbonyl (C=O) groups is 1. The molecule has 3 rings (SSSR count). The van der Waals surface area contributed by atoms with Crippen LogP contribution in [0.25, 0.3) is 0 Å². The van der Waals surface area contributed by atoms with Gasteiger partial charge in [0.15, 0.2) is 6.10 Å². The number of ether oxygens (including phenoxy) is 1. The molecule has 0 N–H and O–H groups in total. The van der Waals surface area contributed by atoms with Crippen LogP contribution in [-0.2, 0) is 16.2 Å². The van der Waals surface area contributed by atoms with Crippen LogP contribution >= 0.6 is 0 Å². The standard InChI is InChI=1S/C21H23FN2O3/c1-3-21(25)24(13-15-5-4-6-17(22)11-15)14-19-12-20(23-27-19)16-7-9-18(26-2)10-8-16/h4-11,19H,3,12-14H2,1-2H3/t19-/m0/s1. The number of rotatable bonds is 7. The normalized spacial score (nSPS) is 15.8. The largest absolute Gasteiger partial charge is 0.497 e. The highest BCUT2D eigenvalue weighted by Gasteiger charge is 2.26. The van der Waals surface area contributed by atoms with E-state index in [-0.39, 0.29) is 17.8 Å². The van der Waals surface area contributed by atoms with Gasteiger partial charge in [-0.05, 0) is 47.5 Å². The predicted octanol–water partition coefficient (Wildman–Crippen LogP) is 3.77. The molecule has 0 saturated carbocycles. The molecule has 2 aromatic carbocycles. The Balaban J connectivity index is 1.64. The minimum atomic E-state index is -0.307. The van der Waals surface area contributed by atoms with E-state index in [1.54, 1.807) is 18.1 Å². The molecule has 1 aliphatic rings. The highest BCUT2D eigenvalue weighted by Crippen LogP contribution is 2.21. The van der Waals surface area contributed by atoms with Gasteiger partial charge in [-0.2, -0.15) is 0 Å². The zero-order chi connectivity index (χ0) is 19.2. The summed E-state index contributed by atoms with van der Waals surface area (Å²) in [7, 11) is 1.62. The van der Waals surface area contributed by atoms with E-state index in [2.05, 4.69) is 5.16 Å². The molecule has 1 amide bonds. The summed E-state index contributed by atoms with van der Waals surface area (Å²) in [6.07, 6.45) is 0.781. The van der Waals surface area contributed by atoms with Gasteiger partial charge in [-0.3, -0.25) is 4.79 Å². The van der Waals surface area contributed by atoms with Crippen LogP contribution in [0.2, 0.25) is 0 Å². The van der Waals surface area contributed by atoms with E-state index in [1.165, 1.54) is 12.1 Å². The lowest BCUT2D eigenvalue weighted by atomic mass is 10.0. The van der Waals surface area contributed by atoms with Gasteiger partial charge in [0.2, 0.25) is 5.91 Å². The van der Waals surface area contributed by atoms with Crippen LogP contribution in [0.1, 0.15) is 30.9 Å². The topological polar surface area (TPSA) is 51.1 Å². The third-order valence-electron chi connectivity index (χ3n) is 4.50. The number of amides is 1. The van der Waals surface area contributed by atoms with Crippen molar-refractivity contribution in [3.8, 4) is 5.75 Å². The maximum atomic E-state index is 13.4. The SMILES string of the molecule is CCC(=O)N(Cc1cccc(F)c1)C[C@@H]1CC(c2ccc(OC)cc2)=NO1. The van der Waals surface area contributed by atoms with Gasteiger partial charge in [0.1, 0.15) is 11.6 Å². The maximum Gasteiger partial charge on any atom is 0.222 e. The zero-order valence-electron chi connectivity index (χ0n) is 15.5. The third-order valence-corrected chi connectivity index (χ3v) is 4.50. The van der Waals surface area contributed by atoms with Gasteiger partial charge in [0.05, 0.1) is 19.4 Å². The molecular weight excluding hydrogens is 347 g/mol. The van der Waals surface area contributed by atoms with Crippen molar-refractivity contribution in [1.82, 2.24) is 4.90 Å². The molecule has 0 radical (unpaired) electrons. The van der Waals surface area contributed by atoms with Crippen LogP contribution in [0.4, 0.5) is 4.39 Å². The maximum absolute atomic E-state index is 13.4. The summed E-state index contributed by atoms with van der Waals surface area (Å²) < 4.78 is 18.6. The first-order valence-electron chi connectivity index (χ1n) is 8.98. The molecule has 1 atom stereocenters. The van der Waals surface area contributed by atoms with Crippen molar-refractivity contribution in [1.29, 1.82) is 0 Å². The summed E-state index contributed by atoms with van der Waals surface area (Å²) in [4.78, 5) is 19.6. The van der Waals surface area contributed by atoms with Crippen molar-refractivity contribution in [2.75, 3.05) is 13.7 Å². The van der Waals surface area contributed by atoms with Crippen molar-refractivity contribution in [3.05, 3.63) is 65.5 Å². The number of nitrogens with zero attached hydrogens (tertiary/aromatic N) is 2. The Morgan fingerprint density at radius 1 is 1.30 bits per heavy atom. The van der Waals surface area contributed by atoms with Crippen LogP contribution in [-0.4, -0.2) is 36.3 Å². The molecule has 0 saturated heterocycles. The number of carbonyl (C=O) groups excluding carboxylic acids is 1. The van der Waals surface area contributed by atoms with Gasteiger partial charge >= 0.3 is 0 Å². The van der Waals surface area contributed by atoms with E-state index in [0.717, 1.165) is 22.6 Å². The van der Waals surface area contributed by atoms with Crippen LogP contribution in [0.15, 0.2) is 53.7 Å². The summed E-state index contributed by atoms with van der Waals surface area (Å²) in [5.41, 5.74) is 2.57. The molecule has 27 heavy (non-hydrogen) atoms. The number of methoxy groups -OCH3 is 1. The fourth-order valence-electron chi connectivity index (χ4n) is 3.06. The van der Waals surface area contributed by atoms with Crippen molar-refractivity contribution in [3.63, 3.8) is 0 Å². The van der Waals surface area contributed by atoms with Gasteiger partial charge < -0.3 is 14.5 Å². The number of halogens is 1. The Bertz CT molecular complexity index is 820. The van der Waals surface area contributed by atoms with Crippen molar-refractivity contribution < 1.29 is 18.8 Å². The number of benzene rings is 2. The molecule has 0 fully saturated rings. The molecule has 142 valence electrons. The summed E-state index contributed by atoms with van der Waals surface area (Å²) >= 11 is 0. The summed E-state index contributed by atoms with van der Waals surface area (Å²) in [5, 5.41) is 4.18. The van der Waals surface area contributed by atoms with E-state index in [4.69, 9.17) is 9.57 Å². The molecule has 0 aromatic heterocycles. The number of hydrogen-bond acceptors (Lipinski definition) is 4. The Kier molecular flexibility index (Phi) is 6.06. The zero-order valence-corrected chi connectivity index (χ0v) is 15.5. The van der Waals surface area contributed by atoms with Crippen LogP contribution in [0.5, 0.6) is 5.75 Å². The molecule has 0 unspecified atom stereocenters. The van der Waals surface area contributed by atoms with Crippen molar-refractivity contribution >= 4 is 11.6 Å². The molecule has 0 spiro atoms. The molecular formula is C21H23FN2O3. The van der Waals surface area contributed by atoms with Gasteiger partial charge in [-0.25, -0.2) is 4.39 Å². The Hall–Kier alpha value is -2.89. The minimum Gasteiger partial charge on any atom is -0.497 e. The average molecular weight is 370 g/mol. The van der Waals surface area contributed by atoms with Crippen LogP contribution in [0.3, 0.4) is 0 Å². The lowest BCUT2D eigenvalue weighted by Gasteiger charge is -2.24. The monoisotopic (exact) mass is 370 g/mol. The second kappa shape index (κ2) is 8.66. The van der Waals surface area contributed by atoms with Gasteiger partial charge in [-0.1, -0.05) is 24.2 Å². The predicted molar refractivity (Wildman–Crippen MR) is 101 cm³/mol. The van der Waals surface area contributed by atoms with Crippen LogP contribution in [0, 0.1) is 5.82 Å². The third kappa shape index (κ3) is 4.84. The Labute approximate surface area is 158 Å². The smallest absolute Gasteiger partial charge is 0.222 e. The summed E-state index contributed by atoms with van der Waals surface area (Å²) in [5.74, 6) is 0.476. The Morgan fingerprint density at radius 2 is 2.07 bits per heavy atom. The quantitative estimate of drug-likeness (QED) is 0.746. The van der Waals surface area contributed by atoms with Crippen molar-refractivity contribution in [2.45, 2.75) is 32.4 Å². The highest BCUT2D eigenvalue weighted by molar-refractivity contribution is 6.01. The van der Waals surface area contributed by atoms with Crippen LogP contribution < -0.4 is 4.74 Å². The van der Waals surface area contributed by atoms with Crippen molar-refractivity contribution in [2.24, 2.45) is 5.16 Å². The molecule has 2 aromatic rings. The van der Waals surface area contributed by atoms with E-state index in [1.807, 2.05) is 37.3 Å². The minimum absolute atomic E-state index is 0.000702. The average Bonchev–Trinajstić information content (AvgIpc) is 3.15. The van der Waals surface area contributed by atoms with E-state index in [0.29, 0.717) is 25.9 Å². The van der Waals surface area contributed by atoms with Gasteiger partial charge in [-0.15, -0.1) is 0 Å². The fourth-order valence-corrected chi connectivity index (χ4v) is 3.06. The molecule has 1 aliphatic heterocycles. The van der Waals surface area contributed by atoms with E-state index < -0.39 is 0 Å². The number of oxime groups is 1. The first kappa shape index (κ1) is 18.9. The molecule has 0 bridgehead atoms. The first-order chi connectivity index (χ1) is 13.1. The number of hydrogen-bond donors (Lipinski definition) is 0. The second-order valence-electron chi connectivity index (χ2n) is 6.46. The fraction of sp³-hybridized carbons (Fsp3) is 0.333. The lowest BCUT2D eigenvalue weighted by Crippen LogP contribution is -2.36. The second-order valence-corrected chi connectivity index (χ2v) is 6.46. The first-order valence-corrected chi connectivity index (χ1v) is 8.98. The van der Waals surface area contributed by atoms with E-state index >= 15 is 0 Å². The molecule has 0 aliphatic carbocycles. The van der Waals surface area contributed by atoms with Gasteiger partial charge in [0.25, 0.3) is 0 Å². The highest BCUT2D eigenvalue weighted by atomic mass is 19.1.